The summed E-state index contributed by atoms with van der Waals surface area (Å²) in [7, 11) is 0. The van der Waals surface area contributed by atoms with E-state index in [-0.39, 0.29) is 5.91 Å². The average Bonchev–Trinajstić information content (AvgIpc) is 3.19. The van der Waals surface area contributed by atoms with Crippen molar-refractivity contribution in [3.8, 4) is 0 Å². The quantitative estimate of drug-likeness (QED) is 0.713. The highest BCUT2D eigenvalue weighted by Crippen LogP contribution is 2.19. The lowest BCUT2D eigenvalue weighted by Crippen LogP contribution is -2.35. The molecule has 0 saturated carbocycles. The first-order chi connectivity index (χ1) is 11.7. The number of halogens is 1. The number of pyridine rings is 1. The number of hydrogen-bond donors (Lipinski definition) is 0. The van der Waals surface area contributed by atoms with Crippen molar-refractivity contribution in [1.29, 1.82) is 0 Å². The van der Waals surface area contributed by atoms with Crippen LogP contribution in [0, 0.1) is 0 Å². The second kappa shape index (κ2) is 6.16. The van der Waals surface area contributed by atoms with Crippen LogP contribution in [0.15, 0.2) is 41.3 Å². The van der Waals surface area contributed by atoms with Gasteiger partial charge >= 0.3 is 0 Å². The molecule has 0 atom stereocenters. The molecule has 0 radical (unpaired) electrons. The van der Waals surface area contributed by atoms with Gasteiger partial charge in [0.1, 0.15) is 6.26 Å². The van der Waals surface area contributed by atoms with E-state index in [2.05, 4.69) is 15.1 Å². The zero-order valence-electron chi connectivity index (χ0n) is 12.9. The summed E-state index contributed by atoms with van der Waals surface area (Å²) in [5.41, 5.74) is 1.34. The maximum absolute atomic E-state index is 12.5. The highest BCUT2D eigenvalue weighted by Gasteiger charge is 2.23. The third-order valence-corrected chi connectivity index (χ3v) is 4.41. The lowest BCUT2D eigenvalue weighted by Gasteiger charge is -2.21. The van der Waals surface area contributed by atoms with Crippen molar-refractivity contribution in [2.24, 2.45) is 0 Å². The van der Waals surface area contributed by atoms with E-state index in [1.807, 2.05) is 21.6 Å². The van der Waals surface area contributed by atoms with Gasteiger partial charge in [-0.2, -0.15) is 0 Å². The van der Waals surface area contributed by atoms with Crippen LogP contribution in [0.1, 0.15) is 16.8 Å². The van der Waals surface area contributed by atoms with E-state index in [0.717, 1.165) is 24.6 Å². The van der Waals surface area contributed by atoms with E-state index in [4.69, 9.17) is 16.0 Å². The van der Waals surface area contributed by atoms with Crippen LogP contribution in [-0.2, 0) is 0 Å². The van der Waals surface area contributed by atoms with Gasteiger partial charge in [-0.15, -0.1) is 10.2 Å². The van der Waals surface area contributed by atoms with Crippen molar-refractivity contribution in [3.05, 3.63) is 47.5 Å². The number of rotatable bonds is 2. The molecule has 8 heteroatoms. The predicted molar refractivity (Wildman–Crippen MR) is 89.4 cm³/mol. The van der Waals surface area contributed by atoms with Gasteiger partial charge in [0.05, 0.1) is 16.8 Å². The zero-order valence-corrected chi connectivity index (χ0v) is 13.7. The zero-order chi connectivity index (χ0) is 16.5. The van der Waals surface area contributed by atoms with E-state index in [0.29, 0.717) is 30.2 Å². The number of carbonyl (C=O) groups is 1. The molecule has 4 rings (SSSR count). The third kappa shape index (κ3) is 2.71. The van der Waals surface area contributed by atoms with Crippen molar-refractivity contribution >= 4 is 29.1 Å². The largest absolute Gasteiger partial charge is 0.472 e. The second-order valence-corrected chi connectivity index (χ2v) is 6.16. The van der Waals surface area contributed by atoms with Crippen molar-refractivity contribution in [2.45, 2.75) is 6.42 Å². The Labute approximate surface area is 143 Å². The Kier molecular flexibility index (Phi) is 3.86. The Morgan fingerprint density at radius 1 is 1.12 bits per heavy atom. The smallest absolute Gasteiger partial charge is 0.257 e. The molecule has 7 nitrogen and oxygen atoms in total. The van der Waals surface area contributed by atoms with Crippen molar-refractivity contribution in [2.75, 3.05) is 31.1 Å². The average molecular weight is 346 g/mol. The molecule has 0 unspecified atom stereocenters. The summed E-state index contributed by atoms with van der Waals surface area (Å²) >= 11 is 6.08. The maximum atomic E-state index is 12.5. The molecule has 1 aliphatic heterocycles. The number of furan rings is 1. The molecular weight excluding hydrogens is 330 g/mol. The lowest BCUT2D eigenvalue weighted by molar-refractivity contribution is 0.0766. The van der Waals surface area contributed by atoms with Gasteiger partial charge in [0, 0.05) is 32.4 Å². The minimum absolute atomic E-state index is 0.000235. The molecule has 24 heavy (non-hydrogen) atoms. The highest BCUT2D eigenvalue weighted by atomic mass is 35.5. The standard InChI is InChI=1S/C16H16ClN5O2/c17-13-2-3-14-18-19-16(22(14)10-13)21-6-1-5-20(7-8-21)15(23)12-4-9-24-11-12/h2-4,9-11H,1,5-8H2. The second-order valence-electron chi connectivity index (χ2n) is 5.72. The molecular formula is C16H16ClN5O2. The molecule has 1 fully saturated rings. The Bertz CT molecular complexity index is 861. The Morgan fingerprint density at radius 3 is 2.88 bits per heavy atom. The number of carbonyl (C=O) groups excluding carboxylic acids is 1. The summed E-state index contributed by atoms with van der Waals surface area (Å²) in [5, 5.41) is 9.10. The van der Waals surface area contributed by atoms with E-state index in [1.165, 1.54) is 12.5 Å². The molecule has 1 amide bonds. The first-order valence-corrected chi connectivity index (χ1v) is 8.17. The molecule has 0 N–H and O–H groups in total. The molecule has 1 saturated heterocycles. The maximum Gasteiger partial charge on any atom is 0.257 e. The number of fused-ring (bicyclic) bond motifs is 1. The van der Waals surface area contributed by atoms with E-state index < -0.39 is 0 Å². The highest BCUT2D eigenvalue weighted by molar-refractivity contribution is 6.30. The van der Waals surface area contributed by atoms with E-state index in [1.54, 1.807) is 12.1 Å². The predicted octanol–water partition coefficient (Wildman–Crippen LogP) is 2.33. The summed E-state index contributed by atoms with van der Waals surface area (Å²) in [6, 6.07) is 5.33. The monoisotopic (exact) mass is 345 g/mol. The number of anilines is 1. The summed E-state index contributed by atoms with van der Waals surface area (Å²) in [5.74, 6) is 0.754. The number of nitrogens with zero attached hydrogens (tertiary/aromatic N) is 5. The van der Waals surface area contributed by atoms with E-state index >= 15 is 0 Å². The fourth-order valence-corrected chi connectivity index (χ4v) is 3.12. The molecule has 124 valence electrons. The lowest BCUT2D eigenvalue weighted by atomic mass is 10.3. The Morgan fingerprint density at radius 2 is 2.04 bits per heavy atom. The van der Waals surface area contributed by atoms with Gasteiger partial charge in [-0.3, -0.25) is 9.20 Å². The van der Waals surface area contributed by atoms with Gasteiger partial charge in [0.25, 0.3) is 5.91 Å². The first kappa shape index (κ1) is 15.0. The molecule has 0 spiro atoms. The fourth-order valence-electron chi connectivity index (χ4n) is 2.96. The van der Waals surface area contributed by atoms with Crippen LogP contribution >= 0.6 is 11.6 Å². The summed E-state index contributed by atoms with van der Waals surface area (Å²) in [6.07, 6.45) is 5.67. The first-order valence-electron chi connectivity index (χ1n) is 7.79. The van der Waals surface area contributed by atoms with Crippen LogP contribution < -0.4 is 4.90 Å². The number of aromatic nitrogens is 3. The minimum atomic E-state index is -0.000235. The molecule has 0 bridgehead atoms. The van der Waals surface area contributed by atoms with Crippen molar-refractivity contribution < 1.29 is 9.21 Å². The van der Waals surface area contributed by atoms with Crippen molar-refractivity contribution in [1.82, 2.24) is 19.5 Å². The van der Waals surface area contributed by atoms with E-state index in [9.17, 15) is 4.79 Å². The van der Waals surface area contributed by atoms with Gasteiger partial charge in [-0.1, -0.05) is 11.6 Å². The minimum Gasteiger partial charge on any atom is -0.472 e. The molecule has 0 aromatic carbocycles. The number of amides is 1. The van der Waals surface area contributed by atoms with Gasteiger partial charge in [0.2, 0.25) is 5.95 Å². The third-order valence-electron chi connectivity index (χ3n) is 4.18. The molecule has 4 heterocycles. The van der Waals surface area contributed by atoms with Crippen LogP contribution in [0.4, 0.5) is 5.95 Å². The summed E-state index contributed by atoms with van der Waals surface area (Å²) in [4.78, 5) is 16.4. The van der Waals surface area contributed by atoms with Gasteiger partial charge in [-0.05, 0) is 24.6 Å². The molecule has 3 aromatic rings. The van der Waals surface area contributed by atoms with Crippen molar-refractivity contribution in [3.63, 3.8) is 0 Å². The van der Waals surface area contributed by atoms with Gasteiger partial charge in [0.15, 0.2) is 5.65 Å². The Hall–Kier alpha value is -2.54. The van der Waals surface area contributed by atoms with Crippen LogP contribution in [0.5, 0.6) is 0 Å². The van der Waals surface area contributed by atoms with Crippen LogP contribution in [0.3, 0.4) is 0 Å². The summed E-state index contributed by atoms with van der Waals surface area (Å²) in [6.45, 7) is 2.83. The van der Waals surface area contributed by atoms with Crippen LogP contribution in [0.25, 0.3) is 5.65 Å². The normalized spacial score (nSPS) is 15.7. The topological polar surface area (TPSA) is 66.9 Å². The van der Waals surface area contributed by atoms with Gasteiger partial charge < -0.3 is 14.2 Å². The Balaban J connectivity index is 1.54. The van der Waals surface area contributed by atoms with Crippen LogP contribution in [-0.4, -0.2) is 51.6 Å². The molecule has 3 aromatic heterocycles. The molecule has 1 aliphatic rings. The molecule has 0 aliphatic carbocycles. The van der Waals surface area contributed by atoms with Crippen LogP contribution in [0.2, 0.25) is 5.02 Å². The summed E-state index contributed by atoms with van der Waals surface area (Å²) < 4.78 is 6.89. The van der Waals surface area contributed by atoms with Gasteiger partial charge in [-0.25, -0.2) is 0 Å². The number of hydrogen-bond acceptors (Lipinski definition) is 5. The fraction of sp³-hybridized carbons (Fsp3) is 0.312. The SMILES string of the molecule is O=C(c1ccoc1)N1CCCN(c2nnc3ccc(Cl)cn23)CC1.